The van der Waals surface area contributed by atoms with E-state index in [4.69, 9.17) is 5.11 Å². The first kappa shape index (κ1) is 26.9. The number of carbonyl (C=O) groups is 2. The zero-order valence-electron chi connectivity index (χ0n) is 20.1. The Kier molecular flexibility index (Phi) is 10.3. The maximum absolute atomic E-state index is 12.5. The zero-order chi connectivity index (χ0) is 25.2. The van der Waals surface area contributed by atoms with Gasteiger partial charge < -0.3 is 25.7 Å². The van der Waals surface area contributed by atoms with Crippen molar-refractivity contribution in [2.24, 2.45) is 11.8 Å². The molecule has 0 aliphatic heterocycles. The van der Waals surface area contributed by atoms with Gasteiger partial charge in [-0.3, -0.25) is 9.59 Å². The third kappa shape index (κ3) is 8.16. The Morgan fingerprint density at radius 3 is 2.09 bits per heavy atom. The molecular weight excluding hydrogens is 446 g/mol. The van der Waals surface area contributed by atoms with Gasteiger partial charge in [0.05, 0.1) is 12.2 Å². The van der Waals surface area contributed by atoms with Crippen LogP contribution in [0.1, 0.15) is 57.8 Å². The summed E-state index contributed by atoms with van der Waals surface area (Å²) < 4.78 is 0. The van der Waals surface area contributed by atoms with Crippen LogP contribution in [0.15, 0.2) is 54.6 Å². The van der Waals surface area contributed by atoms with E-state index in [1.54, 1.807) is 12.1 Å². The molecule has 0 bridgehead atoms. The topological polar surface area (TPSA) is 127 Å². The van der Waals surface area contributed by atoms with Gasteiger partial charge in [0.2, 0.25) is 0 Å². The average Bonchev–Trinajstić information content (AvgIpc) is 3.12. The predicted molar refractivity (Wildman–Crippen MR) is 135 cm³/mol. The van der Waals surface area contributed by atoms with Crippen LogP contribution in [0.25, 0.3) is 11.1 Å². The van der Waals surface area contributed by atoms with Crippen molar-refractivity contribution < 1.29 is 30.0 Å². The first-order valence-electron chi connectivity index (χ1n) is 12.6. The quantitative estimate of drug-likeness (QED) is 0.272. The van der Waals surface area contributed by atoms with Crippen molar-refractivity contribution in [3.63, 3.8) is 0 Å². The van der Waals surface area contributed by atoms with E-state index in [-0.39, 0.29) is 24.7 Å². The average molecular weight is 484 g/mol. The number of carboxylic acid groups (broad SMARTS) is 1. The first-order valence-corrected chi connectivity index (χ1v) is 12.6. The Morgan fingerprint density at radius 1 is 0.829 bits per heavy atom. The van der Waals surface area contributed by atoms with Gasteiger partial charge in [-0.1, -0.05) is 61.7 Å². The number of carboxylic acids is 1. The minimum atomic E-state index is -1.20. The molecule has 0 saturated heterocycles. The van der Waals surface area contributed by atoms with Crippen molar-refractivity contribution in [3.8, 4) is 11.1 Å². The monoisotopic (exact) mass is 483 g/mol. The summed E-state index contributed by atoms with van der Waals surface area (Å²) in [7, 11) is 0. The van der Waals surface area contributed by atoms with Crippen LogP contribution in [0.2, 0.25) is 0 Å². The highest BCUT2D eigenvalue weighted by Crippen LogP contribution is 2.39. The summed E-state index contributed by atoms with van der Waals surface area (Å²) >= 11 is 0. The summed E-state index contributed by atoms with van der Waals surface area (Å²) in [5.74, 6) is -1.52. The lowest BCUT2D eigenvalue weighted by molar-refractivity contribution is -0.137. The van der Waals surface area contributed by atoms with E-state index in [0.717, 1.165) is 36.8 Å². The van der Waals surface area contributed by atoms with Gasteiger partial charge in [0.1, 0.15) is 6.10 Å². The summed E-state index contributed by atoms with van der Waals surface area (Å²) in [6.07, 6.45) is 2.64. The number of rotatable bonds is 13. The molecule has 2 aromatic carbocycles. The number of aliphatic hydroxyl groups is 3. The van der Waals surface area contributed by atoms with E-state index in [2.05, 4.69) is 5.32 Å². The minimum Gasteiger partial charge on any atom is -0.481 e. The molecule has 1 unspecified atom stereocenters. The van der Waals surface area contributed by atoms with Gasteiger partial charge in [0.25, 0.3) is 5.91 Å². The van der Waals surface area contributed by atoms with Gasteiger partial charge in [-0.05, 0) is 67.2 Å². The van der Waals surface area contributed by atoms with E-state index in [0.29, 0.717) is 24.9 Å². The number of hydrogen-bond acceptors (Lipinski definition) is 5. The van der Waals surface area contributed by atoms with Crippen LogP contribution in [0.5, 0.6) is 0 Å². The van der Waals surface area contributed by atoms with Crippen molar-refractivity contribution in [1.29, 1.82) is 0 Å². The van der Waals surface area contributed by atoms with Crippen LogP contribution in [-0.2, 0) is 9.59 Å². The number of hydrogen-bond donors (Lipinski definition) is 5. The molecule has 1 amide bonds. The SMILES string of the molecule is O=C(O)CCCCCC[C@@H]1[C@@H](CCC(O)C(=O)Nc2ccc(-c3ccccc3)cc2)[C@H](O)C[C@@H]1O. The van der Waals surface area contributed by atoms with E-state index >= 15 is 0 Å². The third-order valence-corrected chi connectivity index (χ3v) is 7.04. The molecule has 5 atom stereocenters. The molecule has 0 heterocycles. The summed E-state index contributed by atoms with van der Waals surface area (Å²) in [6.45, 7) is 0. The Hall–Kier alpha value is -2.74. The van der Waals surface area contributed by atoms with E-state index in [9.17, 15) is 24.9 Å². The molecular formula is C28H37NO6. The maximum Gasteiger partial charge on any atom is 0.303 e. The van der Waals surface area contributed by atoms with Crippen LogP contribution in [0, 0.1) is 11.8 Å². The summed E-state index contributed by atoms with van der Waals surface area (Å²) in [5.41, 5.74) is 2.72. The predicted octanol–water partition coefficient (Wildman–Crippen LogP) is 4.22. The molecule has 1 aliphatic rings. The lowest BCUT2D eigenvalue weighted by Crippen LogP contribution is -2.30. The normalized spacial score (nSPS) is 22.6. The smallest absolute Gasteiger partial charge is 0.303 e. The molecule has 1 fully saturated rings. The lowest BCUT2D eigenvalue weighted by atomic mass is 9.85. The fourth-order valence-electron chi connectivity index (χ4n) is 5.07. The highest BCUT2D eigenvalue weighted by molar-refractivity contribution is 5.94. The van der Waals surface area contributed by atoms with Gasteiger partial charge >= 0.3 is 5.97 Å². The largest absolute Gasteiger partial charge is 0.481 e. The van der Waals surface area contributed by atoms with Gasteiger partial charge in [-0.15, -0.1) is 0 Å². The molecule has 7 heteroatoms. The van der Waals surface area contributed by atoms with Crippen LogP contribution < -0.4 is 5.32 Å². The Bertz CT molecular complexity index is 932. The standard InChI is InChI=1S/C28H37NO6/c30-24(28(35)29-21-14-12-20(13-15-21)19-8-4-3-5-9-19)17-16-23-22(25(31)18-26(23)32)10-6-1-2-7-11-27(33)34/h3-5,8-9,12-15,22-26,30-32H,1-2,6-7,10-11,16-18H2,(H,29,35)(H,33,34)/t22-,23-,24?,25+,26-/m1/s1. The van der Waals surface area contributed by atoms with Crippen molar-refractivity contribution >= 4 is 17.6 Å². The van der Waals surface area contributed by atoms with Crippen LogP contribution in [0.4, 0.5) is 5.69 Å². The molecule has 0 spiro atoms. The number of anilines is 1. The number of carbonyl (C=O) groups excluding carboxylic acids is 1. The van der Waals surface area contributed by atoms with Gasteiger partial charge in [0, 0.05) is 12.1 Å². The number of nitrogens with one attached hydrogen (secondary N) is 1. The highest BCUT2D eigenvalue weighted by Gasteiger charge is 2.41. The van der Waals surface area contributed by atoms with Crippen molar-refractivity contribution in [1.82, 2.24) is 0 Å². The van der Waals surface area contributed by atoms with E-state index in [1.165, 1.54) is 0 Å². The van der Waals surface area contributed by atoms with Crippen LogP contribution in [-0.4, -0.2) is 50.6 Å². The van der Waals surface area contributed by atoms with E-state index in [1.807, 2.05) is 42.5 Å². The molecule has 0 aromatic heterocycles. The van der Waals surface area contributed by atoms with Crippen molar-refractivity contribution in [2.75, 3.05) is 5.32 Å². The number of amides is 1. The first-order chi connectivity index (χ1) is 16.8. The Labute approximate surface area is 206 Å². The maximum atomic E-state index is 12.5. The second-order valence-corrected chi connectivity index (χ2v) is 9.57. The number of unbranched alkanes of at least 4 members (excludes halogenated alkanes) is 3. The Balaban J connectivity index is 1.44. The number of aliphatic hydroxyl groups excluding tert-OH is 3. The van der Waals surface area contributed by atoms with Gasteiger partial charge in [-0.25, -0.2) is 0 Å². The summed E-state index contributed by atoms with van der Waals surface area (Å²) in [4.78, 5) is 23.1. The fraction of sp³-hybridized carbons (Fsp3) is 0.500. The molecule has 1 saturated carbocycles. The molecule has 3 rings (SSSR count). The van der Waals surface area contributed by atoms with Gasteiger partial charge in [0.15, 0.2) is 0 Å². The minimum absolute atomic E-state index is 0.0785. The highest BCUT2D eigenvalue weighted by atomic mass is 16.4. The lowest BCUT2D eigenvalue weighted by Gasteiger charge is -2.24. The molecule has 35 heavy (non-hydrogen) atoms. The molecule has 0 radical (unpaired) electrons. The Morgan fingerprint density at radius 2 is 1.43 bits per heavy atom. The summed E-state index contributed by atoms with van der Waals surface area (Å²) in [6, 6.07) is 17.4. The van der Waals surface area contributed by atoms with Crippen LogP contribution >= 0.6 is 0 Å². The molecule has 190 valence electrons. The summed E-state index contributed by atoms with van der Waals surface area (Å²) in [5, 5.41) is 42.7. The second-order valence-electron chi connectivity index (χ2n) is 9.57. The zero-order valence-corrected chi connectivity index (χ0v) is 20.1. The van der Waals surface area contributed by atoms with Crippen LogP contribution in [0.3, 0.4) is 0 Å². The molecule has 2 aromatic rings. The third-order valence-electron chi connectivity index (χ3n) is 7.04. The van der Waals surface area contributed by atoms with E-state index < -0.39 is 30.2 Å². The number of benzene rings is 2. The molecule has 5 N–H and O–H groups in total. The molecule has 7 nitrogen and oxygen atoms in total. The van der Waals surface area contributed by atoms with Gasteiger partial charge in [-0.2, -0.15) is 0 Å². The fourth-order valence-corrected chi connectivity index (χ4v) is 5.07. The molecule has 1 aliphatic carbocycles. The van der Waals surface area contributed by atoms with Crippen molar-refractivity contribution in [2.45, 2.75) is 76.1 Å². The van der Waals surface area contributed by atoms with Crippen molar-refractivity contribution in [3.05, 3.63) is 54.6 Å². The second kappa shape index (κ2) is 13.4. The number of aliphatic carboxylic acids is 1.